The fourth-order valence-electron chi connectivity index (χ4n) is 2.03. The first-order valence-corrected chi connectivity index (χ1v) is 9.49. The van der Waals surface area contributed by atoms with E-state index in [9.17, 15) is 13.2 Å². The molecule has 124 valence electrons. The van der Waals surface area contributed by atoms with Crippen LogP contribution in [-0.2, 0) is 10.0 Å². The first-order valence-electron chi connectivity index (χ1n) is 7.17. The minimum absolute atomic E-state index is 0.000347. The van der Waals surface area contributed by atoms with Gasteiger partial charge >= 0.3 is 0 Å². The van der Waals surface area contributed by atoms with Crippen molar-refractivity contribution in [2.45, 2.75) is 31.7 Å². The van der Waals surface area contributed by atoms with E-state index in [-0.39, 0.29) is 16.8 Å². The van der Waals surface area contributed by atoms with Gasteiger partial charge in [0.2, 0.25) is 0 Å². The monoisotopic (exact) mass is 352 g/mol. The van der Waals surface area contributed by atoms with E-state index in [4.69, 9.17) is 0 Å². The molecule has 0 unspecified atom stereocenters. The highest BCUT2D eigenvalue weighted by Crippen LogP contribution is 2.26. The number of nitrogens with zero attached hydrogens (tertiary/aromatic N) is 1. The Morgan fingerprint density at radius 2 is 1.96 bits per heavy atom. The van der Waals surface area contributed by atoms with Crippen molar-refractivity contribution >= 4 is 33.0 Å². The second kappa shape index (κ2) is 6.72. The Hall–Kier alpha value is -1.86. The number of hydrogen-bond acceptors (Lipinski definition) is 4. The maximum Gasteiger partial charge on any atom is 0.264 e. The SMILES string of the molecule is Cc1cccc(N(C)S(=O)(=O)c2csc(C(=O)NC(C)C)c2)c1. The van der Waals surface area contributed by atoms with Crippen LogP contribution < -0.4 is 9.62 Å². The summed E-state index contributed by atoms with van der Waals surface area (Å²) in [6.07, 6.45) is 0. The van der Waals surface area contributed by atoms with Crippen molar-refractivity contribution in [1.82, 2.24) is 5.32 Å². The number of sulfonamides is 1. The first kappa shape index (κ1) is 17.5. The third-order valence-corrected chi connectivity index (χ3v) is 6.08. The number of carbonyl (C=O) groups is 1. The number of thiophene rings is 1. The van der Waals surface area contributed by atoms with Crippen molar-refractivity contribution in [2.24, 2.45) is 0 Å². The maximum atomic E-state index is 12.7. The van der Waals surface area contributed by atoms with Gasteiger partial charge in [-0.15, -0.1) is 11.3 Å². The Morgan fingerprint density at radius 3 is 2.57 bits per heavy atom. The molecule has 1 heterocycles. The highest BCUT2D eigenvalue weighted by molar-refractivity contribution is 7.93. The minimum Gasteiger partial charge on any atom is -0.349 e. The molecule has 0 spiro atoms. The second-order valence-corrected chi connectivity index (χ2v) is 8.47. The summed E-state index contributed by atoms with van der Waals surface area (Å²) >= 11 is 1.12. The third kappa shape index (κ3) is 3.92. The van der Waals surface area contributed by atoms with Gasteiger partial charge in [-0.25, -0.2) is 8.42 Å². The maximum absolute atomic E-state index is 12.7. The van der Waals surface area contributed by atoms with Gasteiger partial charge in [0.15, 0.2) is 0 Å². The van der Waals surface area contributed by atoms with Crippen molar-refractivity contribution in [1.29, 1.82) is 0 Å². The van der Waals surface area contributed by atoms with E-state index in [2.05, 4.69) is 5.32 Å². The molecule has 0 atom stereocenters. The molecule has 1 amide bonds. The zero-order chi connectivity index (χ0) is 17.2. The Labute approximate surface area is 141 Å². The molecular weight excluding hydrogens is 332 g/mol. The molecule has 1 N–H and O–H groups in total. The van der Waals surface area contributed by atoms with Crippen LogP contribution in [0.2, 0.25) is 0 Å². The van der Waals surface area contributed by atoms with E-state index in [1.807, 2.05) is 32.9 Å². The average molecular weight is 352 g/mol. The molecule has 0 fully saturated rings. The summed E-state index contributed by atoms with van der Waals surface area (Å²) in [5.74, 6) is -0.260. The number of hydrogen-bond donors (Lipinski definition) is 1. The van der Waals surface area contributed by atoms with Crippen LogP contribution in [0.5, 0.6) is 0 Å². The Bertz CT molecular complexity index is 810. The average Bonchev–Trinajstić information content (AvgIpc) is 2.96. The lowest BCUT2D eigenvalue weighted by Gasteiger charge is -2.19. The van der Waals surface area contributed by atoms with E-state index >= 15 is 0 Å². The lowest BCUT2D eigenvalue weighted by Crippen LogP contribution is -2.29. The standard InChI is InChI=1S/C16H20N2O3S2/c1-11(2)17-16(19)15-9-14(10-22-15)23(20,21)18(4)13-7-5-6-12(3)8-13/h5-11H,1-4H3,(H,17,19). The van der Waals surface area contributed by atoms with Crippen LogP contribution in [0.15, 0.2) is 40.6 Å². The largest absolute Gasteiger partial charge is 0.349 e. The molecule has 7 heteroatoms. The van der Waals surface area contributed by atoms with Gasteiger partial charge in [-0.2, -0.15) is 0 Å². The molecule has 1 aromatic heterocycles. The summed E-state index contributed by atoms with van der Waals surface area (Å²) in [6, 6.07) is 8.68. The van der Waals surface area contributed by atoms with Crippen LogP contribution >= 0.6 is 11.3 Å². The number of benzene rings is 1. The van der Waals surface area contributed by atoms with Crippen LogP contribution in [0.1, 0.15) is 29.1 Å². The normalized spacial score (nSPS) is 11.5. The van der Waals surface area contributed by atoms with Crippen molar-refractivity contribution in [3.05, 3.63) is 46.2 Å². The van der Waals surface area contributed by atoms with Gasteiger partial charge in [0.05, 0.1) is 15.5 Å². The van der Waals surface area contributed by atoms with Crippen LogP contribution in [0.4, 0.5) is 5.69 Å². The highest BCUT2D eigenvalue weighted by Gasteiger charge is 2.24. The highest BCUT2D eigenvalue weighted by atomic mass is 32.2. The van der Waals surface area contributed by atoms with Gasteiger partial charge in [0.1, 0.15) is 0 Å². The van der Waals surface area contributed by atoms with Crippen molar-refractivity contribution in [2.75, 3.05) is 11.4 Å². The fraction of sp³-hybridized carbons (Fsp3) is 0.312. The van der Waals surface area contributed by atoms with Crippen molar-refractivity contribution in [3.8, 4) is 0 Å². The van der Waals surface area contributed by atoms with Crippen LogP contribution in [0.25, 0.3) is 0 Å². The quantitative estimate of drug-likeness (QED) is 0.899. The number of amides is 1. The number of anilines is 1. The lowest BCUT2D eigenvalue weighted by molar-refractivity contribution is 0.0947. The Kier molecular flexibility index (Phi) is 5.11. The predicted octanol–water partition coefficient (Wildman–Crippen LogP) is 3.02. The van der Waals surface area contributed by atoms with Gasteiger partial charge < -0.3 is 5.32 Å². The van der Waals surface area contributed by atoms with Crippen molar-refractivity contribution in [3.63, 3.8) is 0 Å². The molecule has 0 saturated heterocycles. The molecule has 0 saturated carbocycles. The molecular formula is C16H20N2O3S2. The minimum atomic E-state index is -3.69. The second-order valence-electron chi connectivity index (χ2n) is 5.59. The van der Waals surface area contributed by atoms with E-state index < -0.39 is 10.0 Å². The number of rotatable bonds is 5. The summed E-state index contributed by atoms with van der Waals surface area (Å²) in [7, 11) is -2.18. The molecule has 1 aromatic carbocycles. The van der Waals surface area contributed by atoms with Crippen molar-refractivity contribution < 1.29 is 13.2 Å². The molecule has 2 rings (SSSR count). The van der Waals surface area contributed by atoms with E-state index in [0.717, 1.165) is 16.9 Å². The molecule has 0 aliphatic heterocycles. The fourth-order valence-corrected chi connectivity index (χ4v) is 4.38. The van der Waals surface area contributed by atoms with Gasteiger partial charge in [0.25, 0.3) is 15.9 Å². The summed E-state index contributed by atoms with van der Waals surface area (Å²) in [5, 5.41) is 4.25. The number of nitrogens with one attached hydrogen (secondary N) is 1. The summed E-state index contributed by atoms with van der Waals surface area (Å²) in [6.45, 7) is 5.62. The van der Waals surface area contributed by atoms with Gasteiger partial charge in [-0.3, -0.25) is 9.10 Å². The molecule has 23 heavy (non-hydrogen) atoms. The van der Waals surface area contributed by atoms with Gasteiger partial charge in [0, 0.05) is 18.5 Å². The van der Waals surface area contributed by atoms with Gasteiger partial charge in [-0.1, -0.05) is 12.1 Å². The molecule has 0 bridgehead atoms. The Morgan fingerprint density at radius 1 is 1.26 bits per heavy atom. The van der Waals surface area contributed by atoms with E-state index in [0.29, 0.717) is 10.6 Å². The van der Waals surface area contributed by atoms with E-state index in [1.165, 1.54) is 22.8 Å². The zero-order valence-corrected chi connectivity index (χ0v) is 15.2. The molecule has 2 aromatic rings. The van der Waals surface area contributed by atoms with Gasteiger partial charge in [-0.05, 0) is 44.5 Å². The number of aryl methyl sites for hydroxylation is 1. The smallest absolute Gasteiger partial charge is 0.264 e. The number of carbonyl (C=O) groups excluding carboxylic acids is 1. The first-order chi connectivity index (χ1) is 10.7. The zero-order valence-electron chi connectivity index (χ0n) is 13.5. The van der Waals surface area contributed by atoms with Crippen LogP contribution in [0.3, 0.4) is 0 Å². The van der Waals surface area contributed by atoms with Crippen LogP contribution in [-0.4, -0.2) is 27.4 Å². The summed E-state index contributed by atoms with van der Waals surface area (Å²) < 4.78 is 26.6. The molecule has 0 aliphatic carbocycles. The molecule has 5 nitrogen and oxygen atoms in total. The molecule has 0 radical (unpaired) electrons. The Balaban J connectivity index is 2.30. The summed E-state index contributed by atoms with van der Waals surface area (Å²) in [5.41, 5.74) is 1.57. The van der Waals surface area contributed by atoms with Crippen LogP contribution in [0, 0.1) is 6.92 Å². The van der Waals surface area contributed by atoms with E-state index in [1.54, 1.807) is 12.1 Å². The predicted molar refractivity (Wildman–Crippen MR) is 93.7 cm³/mol. The third-order valence-electron chi connectivity index (χ3n) is 3.24. The topological polar surface area (TPSA) is 66.5 Å². The summed E-state index contributed by atoms with van der Waals surface area (Å²) in [4.78, 5) is 12.5. The molecule has 0 aliphatic rings. The lowest BCUT2D eigenvalue weighted by atomic mass is 10.2.